The van der Waals surface area contributed by atoms with E-state index in [1.54, 1.807) is 53.6 Å². The molecule has 0 aliphatic rings. The molecule has 6 heteroatoms. The summed E-state index contributed by atoms with van der Waals surface area (Å²) in [6, 6.07) is 7.36. The molecule has 0 aromatic carbocycles. The van der Waals surface area contributed by atoms with Crippen molar-refractivity contribution in [1.29, 1.82) is 0 Å². The summed E-state index contributed by atoms with van der Waals surface area (Å²) in [6.45, 7) is 0. The molecule has 0 aliphatic heterocycles. The van der Waals surface area contributed by atoms with Crippen molar-refractivity contribution in [2.24, 2.45) is 7.05 Å². The van der Waals surface area contributed by atoms with Gasteiger partial charge in [0.05, 0.1) is 18.1 Å². The second kappa shape index (κ2) is 5.77. The van der Waals surface area contributed by atoms with E-state index in [2.05, 4.69) is 15.0 Å². The van der Waals surface area contributed by atoms with E-state index in [0.717, 1.165) is 17.1 Å². The third kappa shape index (κ3) is 2.46. The van der Waals surface area contributed by atoms with Crippen molar-refractivity contribution >= 4 is 11.6 Å². The lowest BCUT2D eigenvalue weighted by atomic mass is 10.2. The number of carbonyl (C=O) groups excluding carboxylic acids is 1. The van der Waals surface area contributed by atoms with Crippen LogP contribution in [-0.2, 0) is 7.05 Å². The second-order valence-electron chi connectivity index (χ2n) is 4.84. The van der Waals surface area contributed by atoms with Crippen LogP contribution in [0.2, 0.25) is 0 Å². The van der Waals surface area contributed by atoms with Crippen molar-refractivity contribution in [2.75, 3.05) is 11.9 Å². The minimum Gasteiger partial charge on any atom is -0.323 e. The molecule has 0 unspecified atom stereocenters. The summed E-state index contributed by atoms with van der Waals surface area (Å²) in [5, 5.41) is 0. The fourth-order valence-corrected chi connectivity index (χ4v) is 2.22. The average Bonchev–Trinajstić information content (AvgIpc) is 2.96. The summed E-state index contributed by atoms with van der Waals surface area (Å²) in [7, 11) is 3.55. The third-order valence-corrected chi connectivity index (χ3v) is 3.48. The monoisotopic (exact) mass is 293 g/mol. The molecule has 3 aromatic rings. The predicted octanol–water partition coefficient (Wildman–Crippen LogP) is 2.15. The topological polar surface area (TPSA) is 63.9 Å². The Morgan fingerprint density at radius 1 is 1.09 bits per heavy atom. The maximum atomic E-state index is 12.6. The van der Waals surface area contributed by atoms with Gasteiger partial charge in [0.2, 0.25) is 0 Å². The van der Waals surface area contributed by atoms with E-state index in [1.807, 2.05) is 25.2 Å². The lowest BCUT2D eigenvalue weighted by Gasteiger charge is -2.17. The van der Waals surface area contributed by atoms with E-state index in [9.17, 15) is 4.79 Å². The molecule has 0 atom stereocenters. The Morgan fingerprint density at radius 2 is 1.86 bits per heavy atom. The Hall–Kier alpha value is -3.02. The van der Waals surface area contributed by atoms with Gasteiger partial charge in [-0.2, -0.15) is 0 Å². The Kier molecular flexibility index (Phi) is 3.65. The molecule has 0 N–H and O–H groups in total. The summed E-state index contributed by atoms with van der Waals surface area (Å²) >= 11 is 0. The van der Waals surface area contributed by atoms with Crippen molar-refractivity contribution in [2.45, 2.75) is 0 Å². The van der Waals surface area contributed by atoms with E-state index in [4.69, 9.17) is 0 Å². The number of hydrogen-bond acceptors (Lipinski definition) is 4. The van der Waals surface area contributed by atoms with E-state index < -0.39 is 0 Å². The van der Waals surface area contributed by atoms with Crippen molar-refractivity contribution in [3.63, 3.8) is 0 Å². The molecule has 3 rings (SSSR count). The van der Waals surface area contributed by atoms with E-state index in [0.29, 0.717) is 5.69 Å². The van der Waals surface area contributed by atoms with Crippen LogP contribution in [-0.4, -0.2) is 32.5 Å². The second-order valence-corrected chi connectivity index (χ2v) is 4.84. The average molecular weight is 293 g/mol. The zero-order valence-corrected chi connectivity index (χ0v) is 12.3. The zero-order chi connectivity index (χ0) is 15.5. The number of amides is 1. The molecule has 1 amide bonds. The lowest BCUT2D eigenvalue weighted by Crippen LogP contribution is -2.28. The quantitative estimate of drug-likeness (QED) is 0.742. The minimum absolute atomic E-state index is 0.136. The fraction of sp³-hybridized carbons (Fsp3) is 0.125. The zero-order valence-electron chi connectivity index (χ0n) is 12.3. The maximum absolute atomic E-state index is 12.6. The van der Waals surface area contributed by atoms with Crippen LogP contribution in [0.4, 0.5) is 5.69 Å². The van der Waals surface area contributed by atoms with Crippen molar-refractivity contribution in [1.82, 2.24) is 19.5 Å². The number of nitrogens with zero attached hydrogens (tertiary/aromatic N) is 5. The van der Waals surface area contributed by atoms with Gasteiger partial charge in [-0.15, -0.1) is 0 Å². The highest BCUT2D eigenvalue weighted by Gasteiger charge is 2.19. The van der Waals surface area contributed by atoms with Crippen LogP contribution < -0.4 is 4.90 Å². The highest BCUT2D eigenvalue weighted by atomic mass is 16.2. The molecule has 0 saturated carbocycles. The largest absolute Gasteiger partial charge is 0.323 e. The molecular weight excluding hydrogens is 278 g/mol. The molecule has 3 heterocycles. The van der Waals surface area contributed by atoms with Gasteiger partial charge in [-0.05, 0) is 24.3 Å². The summed E-state index contributed by atoms with van der Waals surface area (Å²) < 4.78 is 1.78. The van der Waals surface area contributed by atoms with Gasteiger partial charge in [0, 0.05) is 38.2 Å². The fourth-order valence-electron chi connectivity index (χ4n) is 2.22. The summed E-state index contributed by atoms with van der Waals surface area (Å²) in [6.07, 6.45) is 8.32. The molecule has 0 spiro atoms. The van der Waals surface area contributed by atoms with Gasteiger partial charge in [-0.3, -0.25) is 14.8 Å². The highest BCUT2D eigenvalue weighted by Crippen LogP contribution is 2.20. The first-order valence-corrected chi connectivity index (χ1v) is 6.78. The third-order valence-electron chi connectivity index (χ3n) is 3.48. The number of rotatable bonds is 3. The molecule has 0 aliphatic carbocycles. The Bertz CT molecular complexity index is 783. The van der Waals surface area contributed by atoms with Gasteiger partial charge in [-0.1, -0.05) is 0 Å². The Balaban J connectivity index is 1.93. The van der Waals surface area contributed by atoms with Crippen molar-refractivity contribution < 1.29 is 4.79 Å². The van der Waals surface area contributed by atoms with Gasteiger partial charge in [0.25, 0.3) is 5.91 Å². The molecule has 22 heavy (non-hydrogen) atoms. The van der Waals surface area contributed by atoms with Crippen LogP contribution >= 0.6 is 0 Å². The molecule has 0 fully saturated rings. The van der Waals surface area contributed by atoms with Gasteiger partial charge >= 0.3 is 0 Å². The molecular formula is C16H15N5O. The molecule has 110 valence electrons. The predicted molar refractivity (Wildman–Crippen MR) is 83.4 cm³/mol. The smallest absolute Gasteiger partial charge is 0.276 e. The van der Waals surface area contributed by atoms with E-state index in [1.165, 1.54) is 0 Å². The van der Waals surface area contributed by atoms with E-state index in [-0.39, 0.29) is 5.91 Å². The Morgan fingerprint density at radius 3 is 2.55 bits per heavy atom. The standard InChI is InChI=1S/C16H15N5O/c1-20(13-4-3-7-18-10-13)16(22)14-11-19-15(21(14)2)12-5-8-17-9-6-12/h3-11H,1-2H3. The van der Waals surface area contributed by atoms with Gasteiger partial charge < -0.3 is 9.47 Å². The number of carbonyl (C=O) groups is 1. The lowest BCUT2D eigenvalue weighted by molar-refractivity contribution is 0.0985. The van der Waals surface area contributed by atoms with Crippen LogP contribution in [0.15, 0.2) is 55.2 Å². The number of anilines is 1. The van der Waals surface area contributed by atoms with Crippen LogP contribution in [0.3, 0.4) is 0 Å². The van der Waals surface area contributed by atoms with Crippen molar-refractivity contribution in [3.8, 4) is 11.4 Å². The summed E-state index contributed by atoms with van der Waals surface area (Å²) in [4.78, 5) is 26.6. The molecule has 3 aromatic heterocycles. The number of imidazole rings is 1. The normalized spacial score (nSPS) is 10.5. The van der Waals surface area contributed by atoms with Crippen LogP contribution in [0.1, 0.15) is 10.5 Å². The van der Waals surface area contributed by atoms with Gasteiger partial charge in [0.1, 0.15) is 11.5 Å². The molecule has 0 bridgehead atoms. The molecule has 0 radical (unpaired) electrons. The Labute approximate surface area is 128 Å². The number of aromatic nitrogens is 4. The van der Waals surface area contributed by atoms with Gasteiger partial charge in [-0.25, -0.2) is 4.98 Å². The van der Waals surface area contributed by atoms with Gasteiger partial charge in [0.15, 0.2) is 0 Å². The maximum Gasteiger partial charge on any atom is 0.276 e. The summed E-state index contributed by atoms with van der Waals surface area (Å²) in [5.41, 5.74) is 2.16. The SMILES string of the molecule is CN(C(=O)c1cnc(-c2ccncc2)n1C)c1cccnc1. The minimum atomic E-state index is -0.136. The van der Waals surface area contributed by atoms with Crippen LogP contribution in [0.5, 0.6) is 0 Å². The first-order valence-electron chi connectivity index (χ1n) is 6.78. The van der Waals surface area contributed by atoms with Crippen LogP contribution in [0.25, 0.3) is 11.4 Å². The molecule has 6 nitrogen and oxygen atoms in total. The number of hydrogen-bond donors (Lipinski definition) is 0. The van der Waals surface area contributed by atoms with Crippen LogP contribution in [0, 0.1) is 0 Å². The van der Waals surface area contributed by atoms with Crippen molar-refractivity contribution in [3.05, 3.63) is 60.9 Å². The molecule has 0 saturated heterocycles. The first-order chi connectivity index (χ1) is 10.7. The number of pyridine rings is 2. The summed E-state index contributed by atoms with van der Waals surface area (Å²) in [5.74, 6) is 0.591. The van der Waals surface area contributed by atoms with E-state index >= 15 is 0 Å². The highest BCUT2D eigenvalue weighted by molar-refractivity contribution is 6.04. The first kappa shape index (κ1) is 13.9.